The van der Waals surface area contributed by atoms with E-state index in [1.807, 2.05) is 14.1 Å². The Morgan fingerprint density at radius 3 is 2.54 bits per heavy atom. The van der Waals surface area contributed by atoms with Crippen LogP contribution in [-0.2, 0) is 8.98 Å². The molecule has 0 unspecified atom stereocenters. The van der Waals surface area contributed by atoms with Gasteiger partial charge in [0.25, 0.3) is 5.91 Å². The van der Waals surface area contributed by atoms with E-state index >= 15 is 0 Å². The molecule has 1 saturated heterocycles. The number of nitrogens with zero attached hydrogens (tertiary/aromatic N) is 2. The number of hydrogen-bond acceptors (Lipinski definition) is 7. The molecule has 26 heavy (non-hydrogen) atoms. The highest BCUT2D eigenvalue weighted by atomic mass is 32.2. The Morgan fingerprint density at radius 1 is 1.38 bits per heavy atom. The van der Waals surface area contributed by atoms with Gasteiger partial charge in [0, 0.05) is 25.8 Å². The van der Waals surface area contributed by atoms with E-state index in [0.717, 1.165) is 25.9 Å². The number of amidine groups is 1. The maximum Gasteiger partial charge on any atom is 0.286 e. The number of carbonyl (C=O) groups excluding carboxylic acids is 1. The molecule has 0 atom stereocenters. The molecule has 6 nitrogen and oxygen atoms in total. The molecular weight excluding hydrogens is 377 g/mol. The van der Waals surface area contributed by atoms with Crippen molar-refractivity contribution in [1.82, 2.24) is 10.2 Å². The number of thiol groups is 1. The normalized spacial score (nSPS) is 17.4. The summed E-state index contributed by atoms with van der Waals surface area (Å²) in [5, 5.41) is 13.1. The maximum absolute atomic E-state index is 13.2. The summed E-state index contributed by atoms with van der Waals surface area (Å²) >= 11 is 4.57. The Labute approximate surface area is 163 Å². The van der Waals surface area contributed by atoms with Crippen LogP contribution >= 0.6 is 24.7 Å². The van der Waals surface area contributed by atoms with E-state index in [9.17, 15) is 14.3 Å². The van der Waals surface area contributed by atoms with Crippen LogP contribution in [0.3, 0.4) is 0 Å². The Kier molecular flexibility index (Phi) is 10.3. The molecule has 9 heteroatoms. The molecule has 2 aliphatic heterocycles. The zero-order chi connectivity index (χ0) is 19.5. The molecule has 0 spiro atoms. The molecule has 2 N–H and O–H groups in total. The molecule has 1 aromatic carbocycles. The number of aromatic hydroxyl groups is 1. The van der Waals surface area contributed by atoms with Gasteiger partial charge >= 0.3 is 0 Å². The van der Waals surface area contributed by atoms with E-state index in [4.69, 9.17) is 0 Å². The molecule has 1 fully saturated rings. The summed E-state index contributed by atoms with van der Waals surface area (Å²) in [7, 11) is 5.24. The van der Waals surface area contributed by atoms with Crippen molar-refractivity contribution < 1.29 is 18.5 Å². The number of nitrogens with one attached hydrogen (secondary N) is 1. The highest BCUT2D eigenvalue weighted by Crippen LogP contribution is 2.33. The first-order chi connectivity index (χ1) is 12.5. The van der Waals surface area contributed by atoms with Crippen molar-refractivity contribution in [2.45, 2.75) is 12.8 Å². The lowest BCUT2D eigenvalue weighted by atomic mass is 10.2. The molecule has 1 amide bonds. The first-order valence-electron chi connectivity index (χ1n) is 7.98. The summed E-state index contributed by atoms with van der Waals surface area (Å²) < 4.78 is 17.1. The van der Waals surface area contributed by atoms with Crippen LogP contribution in [0.2, 0.25) is 0 Å². The Bertz CT molecular complexity index is 661. The van der Waals surface area contributed by atoms with E-state index in [-0.39, 0.29) is 11.7 Å². The van der Waals surface area contributed by atoms with Crippen molar-refractivity contribution in [3.8, 4) is 5.75 Å². The first-order valence-corrected chi connectivity index (χ1v) is 9.17. The van der Waals surface area contributed by atoms with Gasteiger partial charge in [-0.25, -0.2) is 4.39 Å². The number of carbonyl (C=O) groups is 1. The second-order valence-electron chi connectivity index (χ2n) is 5.39. The lowest BCUT2D eigenvalue weighted by Crippen LogP contribution is -2.23. The van der Waals surface area contributed by atoms with Crippen LogP contribution in [-0.4, -0.2) is 55.4 Å². The summed E-state index contributed by atoms with van der Waals surface area (Å²) in [6.45, 7) is 1.83. The smallest absolute Gasteiger partial charge is 0.286 e. The van der Waals surface area contributed by atoms with E-state index in [2.05, 4.69) is 32.3 Å². The highest BCUT2D eigenvalue weighted by molar-refractivity contribution is 8.18. The van der Waals surface area contributed by atoms with E-state index in [0.29, 0.717) is 15.6 Å². The topological polar surface area (TPSA) is 74.2 Å². The minimum absolute atomic E-state index is 0.0538. The number of rotatable bonds is 1. The molecule has 1 aromatic rings. The third-order valence-electron chi connectivity index (χ3n) is 3.26. The fourth-order valence-electron chi connectivity index (χ4n) is 2.22. The fraction of sp³-hybridized carbons (Fsp3) is 0.412. The Hall–Kier alpha value is -1.55. The van der Waals surface area contributed by atoms with Gasteiger partial charge < -0.3 is 19.5 Å². The van der Waals surface area contributed by atoms with Crippen molar-refractivity contribution in [3.63, 3.8) is 0 Å². The van der Waals surface area contributed by atoms with Gasteiger partial charge in [0.15, 0.2) is 5.17 Å². The number of phenolic OH excluding ortho intramolecular Hbond substituents is 1. The van der Waals surface area contributed by atoms with Crippen molar-refractivity contribution in [3.05, 3.63) is 34.5 Å². The molecule has 0 radical (unpaired) electrons. The summed E-state index contributed by atoms with van der Waals surface area (Å²) in [6, 6.07) is 3.64. The minimum Gasteiger partial charge on any atom is -0.507 e. The summed E-state index contributed by atoms with van der Waals surface area (Å²) in [6.07, 6.45) is 3.70. The number of thioether (sulfide) groups is 1. The number of hydrogen-bond donors (Lipinski definition) is 3. The van der Waals surface area contributed by atoms with Crippen LogP contribution in [0.5, 0.6) is 5.75 Å². The van der Waals surface area contributed by atoms with Crippen LogP contribution in [0.1, 0.15) is 18.4 Å². The van der Waals surface area contributed by atoms with Gasteiger partial charge in [-0.2, -0.15) is 4.99 Å². The molecule has 0 aromatic heterocycles. The van der Waals surface area contributed by atoms with Gasteiger partial charge in [0.2, 0.25) is 0 Å². The van der Waals surface area contributed by atoms with Gasteiger partial charge in [0.05, 0.1) is 4.91 Å². The van der Waals surface area contributed by atoms with E-state index < -0.39 is 5.82 Å². The van der Waals surface area contributed by atoms with Gasteiger partial charge in [0.1, 0.15) is 11.6 Å². The molecule has 144 valence electrons. The number of aliphatic imine (C=N–C) groups is 1. The standard InChI is InChI=1S/C14H13FN2O2S.C2H7N.CH4OS/c15-10-3-4-11(18)9(7-10)8-12-13(19)16-14(20-12)17-5-1-2-6-17;1-3-2;1-2-3/h3-4,7-8,18H,1-2,5-6H2;3H,1-2H3;3H,1H3/b12-8-;;. The van der Waals surface area contributed by atoms with Crippen LogP contribution in [0.4, 0.5) is 4.39 Å². The van der Waals surface area contributed by atoms with Gasteiger partial charge in [-0.3, -0.25) is 4.79 Å². The second-order valence-corrected chi connectivity index (χ2v) is 6.76. The average molecular weight is 402 g/mol. The van der Waals surface area contributed by atoms with Crippen LogP contribution in [0.15, 0.2) is 28.1 Å². The lowest BCUT2D eigenvalue weighted by Gasteiger charge is -2.14. The molecule has 0 saturated carbocycles. The quantitative estimate of drug-likeness (QED) is 0.382. The third-order valence-corrected chi connectivity index (χ3v) is 4.31. The van der Waals surface area contributed by atoms with Gasteiger partial charge in [-0.15, -0.1) is 0 Å². The molecular formula is C17H24FN3O3S2. The number of halogens is 1. The van der Waals surface area contributed by atoms with Gasteiger partial charge in [-0.05, 0) is 75.9 Å². The summed E-state index contributed by atoms with van der Waals surface area (Å²) in [5.41, 5.74) is 0.290. The Balaban J connectivity index is 0.000000499. The first kappa shape index (κ1) is 22.5. The molecule has 2 heterocycles. The fourth-order valence-corrected chi connectivity index (χ4v) is 3.18. The van der Waals surface area contributed by atoms with Crippen LogP contribution in [0.25, 0.3) is 6.08 Å². The second kappa shape index (κ2) is 11.9. The maximum atomic E-state index is 13.2. The van der Waals surface area contributed by atoms with Crippen LogP contribution in [0, 0.1) is 5.82 Å². The van der Waals surface area contributed by atoms with Crippen LogP contribution < -0.4 is 5.32 Å². The number of likely N-dealkylation sites (tertiary alicyclic amines) is 1. The number of phenols is 1. The van der Waals surface area contributed by atoms with Crippen molar-refractivity contribution >= 4 is 41.8 Å². The number of benzene rings is 1. The summed E-state index contributed by atoms with van der Waals surface area (Å²) in [4.78, 5) is 18.4. The van der Waals surface area contributed by atoms with Crippen molar-refractivity contribution in [1.29, 1.82) is 0 Å². The largest absolute Gasteiger partial charge is 0.507 e. The molecule has 2 aliphatic rings. The summed E-state index contributed by atoms with van der Waals surface area (Å²) in [5.74, 6) is -0.840. The zero-order valence-corrected chi connectivity index (χ0v) is 16.7. The zero-order valence-electron chi connectivity index (χ0n) is 15.0. The molecule has 3 rings (SSSR count). The number of amides is 1. The minimum atomic E-state index is -0.453. The highest BCUT2D eigenvalue weighted by Gasteiger charge is 2.27. The predicted molar refractivity (Wildman–Crippen MR) is 108 cm³/mol. The predicted octanol–water partition coefficient (Wildman–Crippen LogP) is 2.91. The average Bonchev–Trinajstić information content (AvgIpc) is 3.23. The lowest BCUT2D eigenvalue weighted by molar-refractivity contribution is -0.113. The third kappa shape index (κ3) is 6.99. The van der Waals surface area contributed by atoms with E-state index in [1.165, 1.54) is 43.1 Å². The SMILES string of the molecule is CNC.COS.O=C1N=C(N2CCCC2)S/C1=C\c1cc(F)ccc1O. The monoisotopic (exact) mass is 401 g/mol. The molecule has 0 bridgehead atoms. The molecule has 0 aliphatic carbocycles. The van der Waals surface area contributed by atoms with Gasteiger partial charge in [-0.1, -0.05) is 0 Å². The Morgan fingerprint density at radius 2 is 1.96 bits per heavy atom. The van der Waals surface area contributed by atoms with E-state index in [1.54, 1.807) is 0 Å². The van der Waals surface area contributed by atoms with Crippen molar-refractivity contribution in [2.75, 3.05) is 34.3 Å². The van der Waals surface area contributed by atoms with Crippen molar-refractivity contribution in [2.24, 2.45) is 4.99 Å².